The summed E-state index contributed by atoms with van der Waals surface area (Å²) in [6.45, 7) is 9.89. The predicted molar refractivity (Wildman–Crippen MR) is 197 cm³/mol. The van der Waals surface area contributed by atoms with Gasteiger partial charge in [-0.05, 0) is 91.3 Å². The summed E-state index contributed by atoms with van der Waals surface area (Å²) < 4.78 is 15.3. The number of aryl methyl sites for hydroxylation is 3. The van der Waals surface area contributed by atoms with E-state index < -0.39 is 29.7 Å². The molecule has 12 nitrogen and oxygen atoms in total. The Morgan fingerprint density at radius 3 is 2.17 bits per heavy atom. The number of esters is 3. The highest BCUT2D eigenvalue weighted by Crippen LogP contribution is 2.47. The number of aliphatic carboxylic acids is 1. The number of carbonyl (C=O) groups excluding carboxylic acids is 3. The second-order valence-corrected chi connectivity index (χ2v) is 12.9. The molecule has 1 aliphatic carbocycles. The van der Waals surface area contributed by atoms with Gasteiger partial charge in [-0.15, -0.1) is 0 Å². The first-order valence-electron chi connectivity index (χ1n) is 16.8. The maximum absolute atomic E-state index is 13.5. The van der Waals surface area contributed by atoms with E-state index in [1.54, 1.807) is 18.2 Å². The van der Waals surface area contributed by atoms with Gasteiger partial charge in [0.1, 0.15) is 5.92 Å². The lowest BCUT2D eigenvalue weighted by atomic mass is 9.75. The number of rotatable bonds is 9. The Labute approximate surface area is 299 Å². The molecular formula is C40H40N4O8. The monoisotopic (exact) mass is 704 g/mol. The van der Waals surface area contributed by atoms with Crippen LogP contribution in [-0.2, 0) is 39.8 Å². The Morgan fingerprint density at radius 1 is 0.808 bits per heavy atom. The van der Waals surface area contributed by atoms with Crippen LogP contribution in [-0.4, -0.2) is 70.2 Å². The smallest absolute Gasteiger partial charge is 0.334 e. The first-order valence-corrected chi connectivity index (χ1v) is 16.8. The highest BCUT2D eigenvalue weighted by Gasteiger charge is 2.44. The lowest BCUT2D eigenvalue weighted by Gasteiger charge is -2.26. The van der Waals surface area contributed by atoms with Gasteiger partial charge in [-0.3, -0.25) is 19.4 Å². The molecule has 3 aromatic heterocycles. The van der Waals surface area contributed by atoms with Crippen LogP contribution in [0.15, 0.2) is 48.6 Å². The van der Waals surface area contributed by atoms with Crippen LogP contribution in [0.4, 0.5) is 0 Å². The molecule has 3 aliphatic rings. The van der Waals surface area contributed by atoms with Crippen molar-refractivity contribution >= 4 is 68.7 Å². The zero-order valence-electron chi connectivity index (χ0n) is 29.9. The Hall–Kier alpha value is -6.04. The van der Waals surface area contributed by atoms with E-state index in [0.29, 0.717) is 40.2 Å². The maximum atomic E-state index is 13.5. The number of H-pyrrole nitrogens is 2. The average Bonchev–Trinajstić information content (AvgIpc) is 3.81. The van der Waals surface area contributed by atoms with Gasteiger partial charge in [-0.2, -0.15) is 0 Å². The Balaban J connectivity index is 1.74. The number of hydrogen-bond donors (Lipinski definition) is 3. The molecule has 2 atom stereocenters. The van der Waals surface area contributed by atoms with Crippen molar-refractivity contribution in [1.29, 1.82) is 0 Å². The first-order chi connectivity index (χ1) is 24.9. The summed E-state index contributed by atoms with van der Waals surface area (Å²) in [4.78, 5) is 67.6. The zero-order chi connectivity index (χ0) is 37.4. The molecule has 0 saturated carbocycles. The highest BCUT2D eigenvalue weighted by atomic mass is 16.5. The third kappa shape index (κ3) is 6.36. The number of carbonyl (C=O) groups is 4. The molecule has 0 spiro atoms. The fourth-order valence-corrected chi connectivity index (χ4v) is 7.30. The van der Waals surface area contributed by atoms with Crippen molar-refractivity contribution in [3.63, 3.8) is 0 Å². The summed E-state index contributed by atoms with van der Waals surface area (Å²) in [5.74, 6) is -4.28. The second kappa shape index (κ2) is 14.3. The summed E-state index contributed by atoms with van der Waals surface area (Å²) in [5, 5.41) is 9.59. The van der Waals surface area contributed by atoms with Crippen LogP contribution in [0.1, 0.15) is 77.1 Å². The normalized spacial score (nSPS) is 16.4. The number of ether oxygens (including phenoxy) is 3. The molecule has 268 valence electrons. The quantitative estimate of drug-likeness (QED) is 0.164. The summed E-state index contributed by atoms with van der Waals surface area (Å²) >= 11 is 0. The number of allylic oxidation sites excluding steroid dienone is 5. The highest BCUT2D eigenvalue weighted by molar-refractivity contribution is 6.00. The van der Waals surface area contributed by atoms with Crippen molar-refractivity contribution in [3.8, 4) is 0 Å². The number of nitrogens with one attached hydrogen (secondary N) is 2. The van der Waals surface area contributed by atoms with Gasteiger partial charge in [0, 0.05) is 46.4 Å². The standard InChI is InChI=1S/C40H40N4O8/c1-8-22-19(2)27-16-33-25-9-10-26(39(48)51-6)38(40(49)52-7)37(25)34(44-33)17-29-21(4)24(12-14-36(47)50-5)32(43-29)18-31-23(11-13-35(45)46)20(3)28(42-31)15-30(22)41-27/h8-10,15-18,37-38,41,43H,1,11-14H2,2-7H3,(H,45,46)/t37?,38-/m1/s1. The van der Waals surface area contributed by atoms with E-state index in [0.717, 1.165) is 50.0 Å². The van der Waals surface area contributed by atoms with Crippen LogP contribution < -0.4 is 0 Å². The summed E-state index contributed by atoms with van der Waals surface area (Å²) in [5.41, 5.74) is 11.2. The van der Waals surface area contributed by atoms with Crippen molar-refractivity contribution in [2.45, 2.75) is 52.4 Å². The minimum Gasteiger partial charge on any atom is -0.481 e. The number of carboxylic acids is 1. The van der Waals surface area contributed by atoms with Crippen molar-refractivity contribution in [2.24, 2.45) is 5.92 Å². The fraction of sp³-hybridized carbons (Fsp3) is 0.300. The Kier molecular flexibility index (Phi) is 9.83. The number of fused-ring (bicyclic) bond motifs is 11. The van der Waals surface area contributed by atoms with E-state index in [1.165, 1.54) is 21.3 Å². The van der Waals surface area contributed by atoms with Crippen LogP contribution >= 0.6 is 0 Å². The zero-order valence-corrected chi connectivity index (χ0v) is 29.9. The van der Waals surface area contributed by atoms with Gasteiger partial charge in [-0.25, -0.2) is 9.78 Å². The predicted octanol–water partition coefficient (Wildman–Crippen LogP) is 6.55. The average molecular weight is 705 g/mol. The molecule has 0 aromatic carbocycles. The molecule has 2 aliphatic heterocycles. The van der Waals surface area contributed by atoms with Crippen LogP contribution in [0.3, 0.4) is 0 Å². The molecule has 0 fully saturated rings. The topological polar surface area (TPSA) is 174 Å². The van der Waals surface area contributed by atoms with Crippen LogP contribution in [0.25, 0.3) is 44.9 Å². The van der Waals surface area contributed by atoms with Gasteiger partial charge >= 0.3 is 23.9 Å². The van der Waals surface area contributed by atoms with E-state index >= 15 is 0 Å². The molecule has 3 aromatic rings. The molecule has 8 bridgehead atoms. The molecule has 3 N–H and O–H groups in total. The fourth-order valence-electron chi connectivity index (χ4n) is 7.30. The van der Waals surface area contributed by atoms with E-state index in [-0.39, 0.29) is 30.8 Å². The van der Waals surface area contributed by atoms with Crippen molar-refractivity contribution in [2.75, 3.05) is 21.3 Å². The van der Waals surface area contributed by atoms with Gasteiger partial charge in [0.25, 0.3) is 0 Å². The molecule has 1 unspecified atom stereocenters. The van der Waals surface area contributed by atoms with Crippen LogP contribution in [0.5, 0.6) is 0 Å². The van der Waals surface area contributed by atoms with Gasteiger partial charge in [0.05, 0.1) is 49.7 Å². The minimum absolute atomic E-state index is 0.0809. The van der Waals surface area contributed by atoms with E-state index in [9.17, 15) is 24.3 Å². The third-order valence-corrected chi connectivity index (χ3v) is 10.1. The van der Waals surface area contributed by atoms with E-state index in [4.69, 9.17) is 24.2 Å². The first kappa shape index (κ1) is 35.8. The van der Waals surface area contributed by atoms with Gasteiger partial charge in [0.2, 0.25) is 0 Å². The molecule has 6 rings (SSSR count). The summed E-state index contributed by atoms with van der Waals surface area (Å²) in [6.07, 6.45) is 5.79. The molecule has 0 saturated heterocycles. The Bertz CT molecular complexity index is 2320. The summed E-state index contributed by atoms with van der Waals surface area (Å²) in [6, 6.07) is 7.57. The van der Waals surface area contributed by atoms with Crippen LogP contribution in [0, 0.1) is 19.8 Å². The number of aromatic amines is 2. The minimum atomic E-state index is -1.04. The van der Waals surface area contributed by atoms with Crippen LogP contribution in [0.2, 0.25) is 0 Å². The Morgan fingerprint density at radius 2 is 1.50 bits per heavy atom. The number of hydrogen-bond acceptors (Lipinski definition) is 9. The van der Waals surface area contributed by atoms with Gasteiger partial charge < -0.3 is 29.3 Å². The summed E-state index contributed by atoms with van der Waals surface area (Å²) in [7, 11) is 3.88. The molecule has 0 amide bonds. The SMILES string of the molecule is C=Cc1c(C)c2cc3nc(cc4[nH]c(cc5nc(cc1[nH]2)C(C)=C5CCC(=O)O)c(CCC(=O)OC)c4C)C1C3=CC=C(C(=O)OC)[C@H]1C(=O)OC. The van der Waals surface area contributed by atoms with Gasteiger partial charge in [-0.1, -0.05) is 24.8 Å². The van der Waals surface area contributed by atoms with E-state index in [2.05, 4.69) is 16.5 Å². The van der Waals surface area contributed by atoms with Crippen molar-refractivity contribution < 1.29 is 38.5 Å². The van der Waals surface area contributed by atoms with Crippen molar-refractivity contribution in [1.82, 2.24) is 19.9 Å². The molecule has 5 heterocycles. The number of methoxy groups -OCH3 is 3. The lowest BCUT2D eigenvalue weighted by Crippen LogP contribution is -2.30. The number of carboxylic acid groups (broad SMARTS) is 1. The molecule has 0 radical (unpaired) electrons. The largest absolute Gasteiger partial charge is 0.481 e. The third-order valence-electron chi connectivity index (χ3n) is 10.1. The maximum Gasteiger partial charge on any atom is 0.334 e. The van der Waals surface area contributed by atoms with Crippen molar-refractivity contribution in [3.05, 3.63) is 93.6 Å². The second-order valence-electron chi connectivity index (χ2n) is 12.9. The molecule has 12 heteroatoms. The number of nitrogens with zero attached hydrogens (tertiary/aromatic N) is 2. The molecule has 52 heavy (non-hydrogen) atoms. The van der Waals surface area contributed by atoms with E-state index in [1.807, 2.05) is 45.0 Å². The number of aromatic nitrogens is 4. The van der Waals surface area contributed by atoms with Gasteiger partial charge in [0.15, 0.2) is 0 Å². The lowest BCUT2D eigenvalue weighted by molar-refractivity contribution is -0.147. The molecular weight excluding hydrogens is 664 g/mol.